The summed E-state index contributed by atoms with van der Waals surface area (Å²) in [6, 6.07) is 16.5. The van der Waals surface area contributed by atoms with Gasteiger partial charge in [-0.1, -0.05) is 36.9 Å². The van der Waals surface area contributed by atoms with Crippen LogP contribution in [0.25, 0.3) is 28.6 Å². The van der Waals surface area contributed by atoms with Gasteiger partial charge in [0.05, 0.1) is 29.2 Å². The second-order valence-electron chi connectivity index (χ2n) is 8.16. The zero-order valence-corrected chi connectivity index (χ0v) is 20.8. The number of nitrogens with one attached hydrogen (secondary N) is 2. The Labute approximate surface area is 211 Å². The third-order valence-corrected chi connectivity index (χ3v) is 7.17. The molecule has 1 atom stereocenters. The van der Waals surface area contributed by atoms with Gasteiger partial charge in [-0.3, -0.25) is 14.3 Å². The number of benzene rings is 1. The molecule has 2 N–H and O–H groups in total. The van der Waals surface area contributed by atoms with Gasteiger partial charge in [0.1, 0.15) is 17.1 Å². The van der Waals surface area contributed by atoms with E-state index in [2.05, 4.69) is 15.3 Å². The van der Waals surface area contributed by atoms with Gasteiger partial charge in [-0.15, -0.1) is 0 Å². The van der Waals surface area contributed by atoms with Gasteiger partial charge in [-0.25, -0.2) is 9.67 Å². The molecule has 4 heterocycles. The topological polar surface area (TPSA) is 111 Å². The van der Waals surface area contributed by atoms with Crippen molar-refractivity contribution in [1.29, 1.82) is 0 Å². The van der Waals surface area contributed by atoms with Crippen molar-refractivity contribution in [2.45, 2.75) is 30.7 Å². The van der Waals surface area contributed by atoms with Crippen LogP contribution in [0.5, 0.6) is 0 Å². The average molecular weight is 504 g/mol. The van der Waals surface area contributed by atoms with Crippen molar-refractivity contribution >= 4 is 23.4 Å². The molecule has 0 saturated heterocycles. The van der Waals surface area contributed by atoms with Gasteiger partial charge >= 0.3 is 0 Å². The molecule has 5 aromatic rings. The minimum Gasteiger partial charge on any atom is -0.463 e. The molecular weight excluding hydrogens is 478 g/mol. The van der Waals surface area contributed by atoms with Crippen molar-refractivity contribution in [1.82, 2.24) is 19.3 Å². The number of aromatic nitrogens is 4. The second kappa shape index (κ2) is 9.82. The Balaban J connectivity index is 1.41. The number of anilines is 1. The lowest BCUT2D eigenvalue weighted by Gasteiger charge is -2.12. The van der Waals surface area contributed by atoms with Crippen molar-refractivity contribution in [2.75, 3.05) is 5.32 Å². The van der Waals surface area contributed by atoms with Crippen LogP contribution >= 0.6 is 11.8 Å². The molecule has 0 aliphatic heterocycles. The standard InChI is InChI=1S/C26H25N5O4S/c1-4-20(24(32)27-21-16(2)30(3)31(25(21)33)17-10-6-5-7-11-17)36-26-28-22(18-12-8-14-34-18)23(29-26)19-13-9-15-35-19/h5-15,20H,4H2,1-3H3,(H,27,32)(H,28,29). The minimum absolute atomic E-state index is 0.261. The number of imidazole rings is 1. The highest BCUT2D eigenvalue weighted by Gasteiger charge is 2.26. The maximum absolute atomic E-state index is 13.3. The molecule has 1 unspecified atom stereocenters. The summed E-state index contributed by atoms with van der Waals surface area (Å²) in [5.41, 5.74) is 2.62. The van der Waals surface area contributed by atoms with Crippen LogP contribution in [-0.2, 0) is 11.8 Å². The molecule has 0 radical (unpaired) electrons. The number of carbonyl (C=O) groups is 1. The molecule has 0 aliphatic carbocycles. The van der Waals surface area contributed by atoms with E-state index in [1.54, 1.807) is 36.4 Å². The summed E-state index contributed by atoms with van der Waals surface area (Å²) in [6.07, 6.45) is 3.69. The lowest BCUT2D eigenvalue weighted by atomic mass is 10.2. The average Bonchev–Trinajstić information content (AvgIpc) is 3.69. The quantitative estimate of drug-likeness (QED) is 0.280. The second-order valence-corrected chi connectivity index (χ2v) is 9.35. The van der Waals surface area contributed by atoms with E-state index >= 15 is 0 Å². The van der Waals surface area contributed by atoms with Gasteiger partial charge in [0.2, 0.25) is 5.91 Å². The van der Waals surface area contributed by atoms with Crippen molar-refractivity contribution in [3.05, 3.63) is 83.2 Å². The highest BCUT2D eigenvalue weighted by atomic mass is 32.2. The molecule has 5 rings (SSSR count). The molecule has 0 bridgehead atoms. The predicted molar refractivity (Wildman–Crippen MR) is 138 cm³/mol. The molecule has 184 valence electrons. The molecule has 1 aromatic carbocycles. The van der Waals surface area contributed by atoms with E-state index in [1.807, 2.05) is 56.3 Å². The van der Waals surface area contributed by atoms with Gasteiger partial charge in [-0.2, -0.15) is 0 Å². The minimum atomic E-state index is -0.491. The summed E-state index contributed by atoms with van der Waals surface area (Å²) in [5, 5.41) is 2.92. The molecule has 36 heavy (non-hydrogen) atoms. The van der Waals surface area contributed by atoms with Crippen molar-refractivity contribution in [3.8, 4) is 28.6 Å². The highest BCUT2D eigenvalue weighted by molar-refractivity contribution is 8.00. The Hall–Kier alpha value is -4.18. The summed E-state index contributed by atoms with van der Waals surface area (Å²) in [6.45, 7) is 3.73. The van der Waals surface area contributed by atoms with Crippen molar-refractivity contribution in [2.24, 2.45) is 7.05 Å². The van der Waals surface area contributed by atoms with E-state index in [0.29, 0.717) is 40.2 Å². The molecular formula is C26H25N5O4S. The van der Waals surface area contributed by atoms with Crippen LogP contribution < -0.4 is 10.9 Å². The number of para-hydroxylation sites is 1. The largest absolute Gasteiger partial charge is 0.463 e. The number of H-pyrrole nitrogens is 1. The first kappa shape index (κ1) is 23.6. The van der Waals surface area contributed by atoms with Crippen LogP contribution in [0.3, 0.4) is 0 Å². The summed E-state index contributed by atoms with van der Waals surface area (Å²) in [7, 11) is 1.79. The van der Waals surface area contributed by atoms with Crippen LogP contribution in [-0.4, -0.2) is 30.5 Å². The maximum atomic E-state index is 13.3. The maximum Gasteiger partial charge on any atom is 0.295 e. The van der Waals surface area contributed by atoms with Crippen LogP contribution in [0.4, 0.5) is 5.69 Å². The molecule has 4 aromatic heterocycles. The van der Waals surface area contributed by atoms with E-state index in [9.17, 15) is 9.59 Å². The van der Waals surface area contributed by atoms with Crippen LogP contribution in [0, 0.1) is 6.92 Å². The number of furan rings is 2. The fraction of sp³-hybridized carbons (Fsp3) is 0.192. The number of nitrogens with zero attached hydrogens (tertiary/aromatic N) is 3. The number of rotatable bonds is 8. The number of hydrogen-bond donors (Lipinski definition) is 2. The highest BCUT2D eigenvalue weighted by Crippen LogP contribution is 2.35. The van der Waals surface area contributed by atoms with Gasteiger partial charge in [0.25, 0.3) is 5.56 Å². The number of carbonyl (C=O) groups excluding carboxylic acids is 1. The summed E-state index contributed by atoms with van der Waals surface area (Å²) in [5.74, 6) is 0.923. The lowest BCUT2D eigenvalue weighted by molar-refractivity contribution is -0.115. The Morgan fingerprint density at radius 3 is 2.42 bits per heavy atom. The van der Waals surface area contributed by atoms with E-state index in [0.717, 1.165) is 5.69 Å². The van der Waals surface area contributed by atoms with Gasteiger partial charge < -0.3 is 19.1 Å². The fourth-order valence-corrected chi connectivity index (χ4v) is 4.88. The lowest BCUT2D eigenvalue weighted by Crippen LogP contribution is -2.28. The zero-order chi connectivity index (χ0) is 25.2. The number of aromatic amines is 1. The number of thioether (sulfide) groups is 1. The first-order valence-corrected chi connectivity index (χ1v) is 12.3. The molecule has 0 fully saturated rings. The Morgan fingerprint density at radius 1 is 1.08 bits per heavy atom. The first-order valence-electron chi connectivity index (χ1n) is 11.5. The van der Waals surface area contributed by atoms with Crippen LogP contribution in [0.15, 0.2) is 85.9 Å². The molecule has 0 aliphatic rings. The fourth-order valence-electron chi connectivity index (χ4n) is 3.97. The Bertz CT molecular complexity index is 1480. The molecule has 0 spiro atoms. The van der Waals surface area contributed by atoms with E-state index in [-0.39, 0.29) is 17.2 Å². The van der Waals surface area contributed by atoms with E-state index in [1.165, 1.54) is 16.4 Å². The van der Waals surface area contributed by atoms with Gasteiger partial charge in [0, 0.05) is 7.05 Å². The van der Waals surface area contributed by atoms with Crippen LogP contribution in [0.2, 0.25) is 0 Å². The zero-order valence-electron chi connectivity index (χ0n) is 20.0. The smallest absolute Gasteiger partial charge is 0.295 e. The Kier molecular flexibility index (Phi) is 6.43. The summed E-state index contributed by atoms with van der Waals surface area (Å²) in [4.78, 5) is 34.4. The van der Waals surface area contributed by atoms with Crippen molar-refractivity contribution < 1.29 is 13.6 Å². The molecule has 1 amide bonds. The summed E-state index contributed by atoms with van der Waals surface area (Å²) < 4.78 is 14.4. The van der Waals surface area contributed by atoms with Crippen molar-refractivity contribution in [3.63, 3.8) is 0 Å². The van der Waals surface area contributed by atoms with E-state index in [4.69, 9.17) is 8.83 Å². The predicted octanol–water partition coefficient (Wildman–Crippen LogP) is 5.24. The van der Waals surface area contributed by atoms with E-state index < -0.39 is 5.25 Å². The molecule has 9 nitrogen and oxygen atoms in total. The van der Waals surface area contributed by atoms with Crippen LogP contribution in [0.1, 0.15) is 19.0 Å². The number of amides is 1. The number of hydrogen-bond acceptors (Lipinski definition) is 6. The summed E-state index contributed by atoms with van der Waals surface area (Å²) >= 11 is 1.29. The van der Waals surface area contributed by atoms with Gasteiger partial charge in [-0.05, 0) is 49.7 Å². The van der Waals surface area contributed by atoms with Gasteiger partial charge in [0.15, 0.2) is 16.7 Å². The Morgan fingerprint density at radius 2 is 1.78 bits per heavy atom. The third-order valence-electron chi connectivity index (χ3n) is 5.92. The SMILES string of the molecule is CCC(Sc1nc(-c2ccco2)c(-c2ccco2)[nH]1)C(=O)Nc1c(C)n(C)n(-c2ccccc2)c1=O. The molecule has 10 heteroatoms. The third kappa shape index (κ3) is 4.31. The molecule has 0 saturated carbocycles. The normalized spacial score (nSPS) is 12.1. The first-order chi connectivity index (χ1) is 17.5. The monoisotopic (exact) mass is 503 g/mol.